The Morgan fingerprint density at radius 3 is 2.93 bits per heavy atom. The third kappa shape index (κ3) is 2.53. The summed E-state index contributed by atoms with van der Waals surface area (Å²) in [6.07, 6.45) is 6.61. The number of allylic oxidation sites excluding steroid dienone is 3. The van der Waals surface area contributed by atoms with Gasteiger partial charge in [0, 0.05) is 26.2 Å². The van der Waals surface area contributed by atoms with Crippen LogP contribution in [-0.4, -0.2) is 37.7 Å². The number of nitrogens with one attached hydrogen (secondary N) is 1. The Morgan fingerprint density at radius 2 is 2.20 bits per heavy atom. The number of ether oxygens (including phenoxy) is 1. The van der Waals surface area contributed by atoms with E-state index in [1.54, 1.807) is 0 Å². The van der Waals surface area contributed by atoms with Crippen LogP contribution in [0.5, 0.6) is 0 Å². The Hall–Kier alpha value is -0.960. The normalized spacial score (nSPS) is 22.1. The van der Waals surface area contributed by atoms with Gasteiger partial charge < -0.3 is 15.0 Å². The molecule has 3 nitrogen and oxygen atoms in total. The minimum Gasteiger partial charge on any atom is -0.492 e. The van der Waals surface area contributed by atoms with Crippen LogP contribution in [-0.2, 0) is 4.74 Å². The third-order valence-corrected chi connectivity index (χ3v) is 2.90. The molecule has 1 aliphatic carbocycles. The van der Waals surface area contributed by atoms with Gasteiger partial charge in [-0.15, -0.1) is 0 Å². The minimum absolute atomic E-state index is 0.759. The molecule has 1 aliphatic heterocycles. The standard InChI is InChI=1S/C12H20N2O/c1-2-15-12-6-4-3-5-11(12)14-9-7-13-8-10-14/h4,6,13H,2-3,5,7-10H2,1H3. The fraction of sp³-hybridized carbons (Fsp3) is 0.667. The SMILES string of the molecule is CCOC1=C(N2CCNCC2)CCC=C1. The quantitative estimate of drug-likeness (QED) is 0.760. The van der Waals surface area contributed by atoms with Gasteiger partial charge in [0.15, 0.2) is 0 Å². The maximum absolute atomic E-state index is 5.68. The Balaban J connectivity index is 2.10. The van der Waals surface area contributed by atoms with E-state index in [0.29, 0.717) is 0 Å². The maximum atomic E-state index is 5.68. The molecule has 0 aromatic carbocycles. The van der Waals surface area contributed by atoms with Crippen molar-refractivity contribution in [3.05, 3.63) is 23.6 Å². The van der Waals surface area contributed by atoms with Crippen molar-refractivity contribution in [2.75, 3.05) is 32.8 Å². The Bertz CT molecular complexity index is 265. The van der Waals surface area contributed by atoms with Gasteiger partial charge in [-0.1, -0.05) is 6.08 Å². The van der Waals surface area contributed by atoms with Crippen molar-refractivity contribution in [1.82, 2.24) is 10.2 Å². The van der Waals surface area contributed by atoms with Crippen LogP contribution in [0.2, 0.25) is 0 Å². The maximum Gasteiger partial charge on any atom is 0.138 e. The Labute approximate surface area is 91.8 Å². The van der Waals surface area contributed by atoms with Crippen LogP contribution in [0, 0.1) is 0 Å². The second-order valence-corrected chi connectivity index (χ2v) is 3.92. The summed E-state index contributed by atoms with van der Waals surface area (Å²) in [6, 6.07) is 0. The van der Waals surface area contributed by atoms with E-state index < -0.39 is 0 Å². The van der Waals surface area contributed by atoms with Gasteiger partial charge in [0.1, 0.15) is 5.76 Å². The van der Waals surface area contributed by atoms with E-state index in [4.69, 9.17) is 4.74 Å². The van der Waals surface area contributed by atoms with Gasteiger partial charge in [-0.2, -0.15) is 0 Å². The second-order valence-electron chi connectivity index (χ2n) is 3.92. The van der Waals surface area contributed by atoms with Crippen molar-refractivity contribution < 1.29 is 4.74 Å². The molecule has 0 atom stereocenters. The van der Waals surface area contributed by atoms with Crippen LogP contribution in [0.1, 0.15) is 19.8 Å². The first-order valence-corrected chi connectivity index (χ1v) is 5.90. The zero-order valence-corrected chi connectivity index (χ0v) is 9.46. The summed E-state index contributed by atoms with van der Waals surface area (Å²) in [6.45, 7) is 7.21. The average Bonchev–Trinajstić information content (AvgIpc) is 2.31. The van der Waals surface area contributed by atoms with Crippen LogP contribution in [0.3, 0.4) is 0 Å². The molecule has 1 heterocycles. The summed E-state index contributed by atoms with van der Waals surface area (Å²) in [5, 5.41) is 3.38. The average molecular weight is 208 g/mol. The number of hydrogen-bond donors (Lipinski definition) is 1. The molecule has 84 valence electrons. The van der Waals surface area contributed by atoms with Gasteiger partial charge in [0.25, 0.3) is 0 Å². The largest absolute Gasteiger partial charge is 0.492 e. The molecule has 1 N–H and O–H groups in total. The first-order valence-electron chi connectivity index (χ1n) is 5.90. The van der Waals surface area contributed by atoms with Crippen LogP contribution in [0.4, 0.5) is 0 Å². The predicted octanol–water partition coefficient (Wildman–Crippen LogP) is 1.49. The highest BCUT2D eigenvalue weighted by atomic mass is 16.5. The van der Waals surface area contributed by atoms with Crippen LogP contribution >= 0.6 is 0 Å². The molecule has 0 unspecified atom stereocenters. The molecule has 0 amide bonds. The van der Waals surface area contributed by atoms with E-state index >= 15 is 0 Å². The summed E-state index contributed by atoms with van der Waals surface area (Å²) in [5.74, 6) is 1.09. The lowest BCUT2D eigenvalue weighted by Gasteiger charge is -2.33. The van der Waals surface area contributed by atoms with Crippen LogP contribution in [0.15, 0.2) is 23.6 Å². The van der Waals surface area contributed by atoms with E-state index in [9.17, 15) is 0 Å². The summed E-state index contributed by atoms with van der Waals surface area (Å²) in [4.78, 5) is 2.46. The predicted molar refractivity (Wildman–Crippen MR) is 61.5 cm³/mol. The smallest absolute Gasteiger partial charge is 0.138 e. The molecular weight excluding hydrogens is 188 g/mol. The second kappa shape index (κ2) is 5.21. The summed E-state index contributed by atoms with van der Waals surface area (Å²) >= 11 is 0. The molecule has 15 heavy (non-hydrogen) atoms. The fourth-order valence-electron chi connectivity index (χ4n) is 2.17. The van der Waals surface area contributed by atoms with Crippen LogP contribution in [0.25, 0.3) is 0 Å². The summed E-state index contributed by atoms with van der Waals surface area (Å²) in [7, 11) is 0. The number of hydrogen-bond acceptors (Lipinski definition) is 3. The summed E-state index contributed by atoms with van der Waals surface area (Å²) < 4.78 is 5.68. The molecule has 0 saturated carbocycles. The first-order chi connectivity index (χ1) is 7.42. The van der Waals surface area contributed by atoms with E-state index in [1.165, 1.54) is 5.70 Å². The molecule has 2 rings (SSSR count). The van der Waals surface area contributed by atoms with E-state index in [0.717, 1.165) is 51.4 Å². The van der Waals surface area contributed by atoms with Gasteiger partial charge in [-0.05, 0) is 25.8 Å². The van der Waals surface area contributed by atoms with E-state index in [2.05, 4.69) is 22.4 Å². The minimum atomic E-state index is 0.759. The summed E-state index contributed by atoms with van der Waals surface area (Å²) in [5.41, 5.74) is 1.40. The van der Waals surface area contributed by atoms with Crippen molar-refractivity contribution in [1.29, 1.82) is 0 Å². The van der Waals surface area contributed by atoms with Gasteiger partial charge in [-0.3, -0.25) is 0 Å². The zero-order chi connectivity index (χ0) is 10.5. The molecular formula is C12H20N2O. The van der Waals surface area contributed by atoms with Gasteiger partial charge >= 0.3 is 0 Å². The first kappa shape index (κ1) is 10.6. The third-order valence-electron chi connectivity index (χ3n) is 2.90. The van der Waals surface area contributed by atoms with E-state index in [-0.39, 0.29) is 0 Å². The molecule has 0 aromatic heterocycles. The number of piperazine rings is 1. The highest BCUT2D eigenvalue weighted by Crippen LogP contribution is 2.23. The van der Waals surface area contributed by atoms with Crippen molar-refractivity contribution in [3.63, 3.8) is 0 Å². The molecule has 0 bridgehead atoms. The lowest BCUT2D eigenvalue weighted by molar-refractivity contribution is 0.207. The van der Waals surface area contributed by atoms with E-state index in [1.807, 2.05) is 6.92 Å². The molecule has 0 aromatic rings. The highest BCUT2D eigenvalue weighted by Gasteiger charge is 2.18. The van der Waals surface area contributed by atoms with Gasteiger partial charge in [-0.25, -0.2) is 0 Å². The van der Waals surface area contributed by atoms with Gasteiger partial charge in [0.05, 0.1) is 12.3 Å². The molecule has 0 spiro atoms. The lowest BCUT2D eigenvalue weighted by atomic mass is 10.1. The highest BCUT2D eigenvalue weighted by molar-refractivity contribution is 5.24. The molecule has 1 saturated heterocycles. The molecule has 1 fully saturated rings. The Morgan fingerprint density at radius 1 is 1.40 bits per heavy atom. The monoisotopic (exact) mass is 208 g/mol. The van der Waals surface area contributed by atoms with Crippen molar-refractivity contribution >= 4 is 0 Å². The Kier molecular flexibility index (Phi) is 3.67. The number of rotatable bonds is 3. The van der Waals surface area contributed by atoms with Crippen molar-refractivity contribution in [2.45, 2.75) is 19.8 Å². The lowest BCUT2D eigenvalue weighted by Crippen LogP contribution is -2.43. The zero-order valence-electron chi connectivity index (χ0n) is 9.46. The number of nitrogens with zero attached hydrogens (tertiary/aromatic N) is 1. The molecule has 2 aliphatic rings. The van der Waals surface area contributed by atoms with Crippen LogP contribution < -0.4 is 5.32 Å². The van der Waals surface area contributed by atoms with Crippen molar-refractivity contribution in [3.8, 4) is 0 Å². The molecule has 3 heteroatoms. The van der Waals surface area contributed by atoms with Gasteiger partial charge in [0.2, 0.25) is 0 Å². The fourth-order valence-corrected chi connectivity index (χ4v) is 2.17. The van der Waals surface area contributed by atoms with Crippen molar-refractivity contribution in [2.24, 2.45) is 0 Å². The molecule has 0 radical (unpaired) electrons. The topological polar surface area (TPSA) is 24.5 Å².